The van der Waals surface area contributed by atoms with Crippen molar-refractivity contribution in [1.82, 2.24) is 0 Å². The molecule has 0 radical (unpaired) electrons. The van der Waals surface area contributed by atoms with Crippen LogP contribution in [0.3, 0.4) is 0 Å². The summed E-state index contributed by atoms with van der Waals surface area (Å²) in [5.41, 5.74) is -5.21. The first-order valence-electron chi connectivity index (χ1n) is 5.17. The van der Waals surface area contributed by atoms with Gasteiger partial charge in [-0.2, -0.15) is 0 Å². The predicted octanol–water partition coefficient (Wildman–Crippen LogP) is -1.12. The first-order chi connectivity index (χ1) is 9.55. The monoisotopic (exact) mass is 300 g/mol. The molecule has 0 heterocycles. The number of aliphatic carboxylic acids is 5. The molecule has 1 rings (SSSR count). The summed E-state index contributed by atoms with van der Waals surface area (Å²) in [6, 6.07) is 0. The average Bonchev–Trinajstić information content (AvgIpc) is 2.35. The lowest BCUT2D eigenvalue weighted by Crippen LogP contribution is -2.49. The molecule has 10 nitrogen and oxygen atoms in total. The molecule has 0 saturated carbocycles. The van der Waals surface area contributed by atoms with Gasteiger partial charge in [-0.3, -0.25) is 14.4 Å². The molecule has 1 unspecified atom stereocenters. The molecule has 0 saturated heterocycles. The fourth-order valence-corrected chi connectivity index (χ4v) is 1.89. The fourth-order valence-electron chi connectivity index (χ4n) is 1.89. The molecule has 0 aromatic heterocycles. The van der Waals surface area contributed by atoms with Crippen LogP contribution >= 0.6 is 0 Å². The molecule has 1 atom stereocenters. The Morgan fingerprint density at radius 2 is 1.24 bits per heavy atom. The average molecular weight is 300 g/mol. The van der Waals surface area contributed by atoms with Crippen molar-refractivity contribution in [1.29, 1.82) is 0 Å². The Bertz CT molecular complexity index is 609. The lowest BCUT2D eigenvalue weighted by Gasteiger charge is -2.30. The normalized spacial score (nSPS) is 19.9. The van der Waals surface area contributed by atoms with Gasteiger partial charge in [-0.05, 0) is 6.08 Å². The molecule has 0 amide bonds. The molecule has 0 aromatic carbocycles. The molecule has 0 bridgehead atoms. The van der Waals surface area contributed by atoms with Gasteiger partial charge in [-0.25, -0.2) is 9.59 Å². The van der Waals surface area contributed by atoms with Gasteiger partial charge in [0.05, 0.1) is 11.1 Å². The maximum Gasteiger partial charge on any atom is 0.336 e. The number of hydrogen-bond acceptors (Lipinski definition) is 5. The molecule has 0 aliphatic heterocycles. The third-order valence-electron chi connectivity index (χ3n) is 2.92. The fraction of sp³-hybridized carbons (Fsp3) is 0.182. The summed E-state index contributed by atoms with van der Waals surface area (Å²) in [6.07, 6.45) is 0.429. The zero-order valence-electron chi connectivity index (χ0n) is 10.0. The third kappa shape index (κ3) is 2.33. The van der Waals surface area contributed by atoms with Crippen molar-refractivity contribution in [2.24, 2.45) is 11.3 Å². The van der Waals surface area contributed by atoms with Gasteiger partial charge in [-0.15, -0.1) is 0 Å². The number of carboxylic acid groups (broad SMARTS) is 5. The minimum Gasteiger partial charge on any atom is -0.481 e. The number of carboxylic acids is 5. The topological polar surface area (TPSA) is 186 Å². The van der Waals surface area contributed by atoms with Crippen LogP contribution in [0, 0.1) is 11.3 Å². The van der Waals surface area contributed by atoms with Gasteiger partial charge in [0.2, 0.25) is 5.41 Å². The summed E-state index contributed by atoms with van der Waals surface area (Å²) in [7, 11) is 0. The van der Waals surface area contributed by atoms with E-state index in [0.717, 1.165) is 0 Å². The van der Waals surface area contributed by atoms with E-state index >= 15 is 0 Å². The summed E-state index contributed by atoms with van der Waals surface area (Å²) < 4.78 is 0. The Labute approximate surface area is 115 Å². The molecular formula is C11H8O10. The van der Waals surface area contributed by atoms with E-state index in [4.69, 9.17) is 25.5 Å². The summed E-state index contributed by atoms with van der Waals surface area (Å²) in [6.45, 7) is 0. The third-order valence-corrected chi connectivity index (χ3v) is 2.92. The molecule has 1 aliphatic carbocycles. The van der Waals surface area contributed by atoms with E-state index in [1.165, 1.54) is 0 Å². The predicted molar refractivity (Wildman–Crippen MR) is 60.3 cm³/mol. The van der Waals surface area contributed by atoms with E-state index in [1.54, 1.807) is 0 Å². The van der Waals surface area contributed by atoms with Gasteiger partial charge in [-0.1, -0.05) is 6.08 Å². The molecule has 0 spiro atoms. The number of rotatable bonds is 5. The van der Waals surface area contributed by atoms with Crippen LogP contribution in [0.1, 0.15) is 0 Å². The van der Waals surface area contributed by atoms with E-state index < -0.39 is 52.3 Å². The van der Waals surface area contributed by atoms with Crippen LogP contribution in [0.25, 0.3) is 0 Å². The highest BCUT2D eigenvalue weighted by Gasteiger charge is 2.57. The van der Waals surface area contributed by atoms with Crippen LogP contribution < -0.4 is 0 Å². The van der Waals surface area contributed by atoms with Crippen molar-refractivity contribution < 1.29 is 49.5 Å². The highest BCUT2D eigenvalue weighted by molar-refractivity contribution is 6.12. The van der Waals surface area contributed by atoms with Crippen molar-refractivity contribution in [2.45, 2.75) is 0 Å². The number of hydrogen-bond donors (Lipinski definition) is 5. The second kappa shape index (κ2) is 5.07. The Balaban J connectivity index is 3.75. The van der Waals surface area contributed by atoms with Gasteiger partial charge in [0.15, 0.2) is 0 Å². The van der Waals surface area contributed by atoms with E-state index in [9.17, 15) is 24.0 Å². The Morgan fingerprint density at radius 1 is 0.810 bits per heavy atom. The summed E-state index contributed by atoms with van der Waals surface area (Å²) in [5, 5.41) is 44.8. The smallest absolute Gasteiger partial charge is 0.336 e. The highest BCUT2D eigenvalue weighted by Crippen LogP contribution is 2.39. The van der Waals surface area contributed by atoms with E-state index in [2.05, 4.69) is 0 Å². The van der Waals surface area contributed by atoms with Crippen LogP contribution in [0.15, 0.2) is 23.3 Å². The minimum atomic E-state index is -3.11. The molecule has 0 fully saturated rings. The van der Waals surface area contributed by atoms with E-state index in [1.807, 2.05) is 0 Å². The van der Waals surface area contributed by atoms with Crippen molar-refractivity contribution in [3.05, 3.63) is 23.3 Å². The van der Waals surface area contributed by atoms with Gasteiger partial charge < -0.3 is 25.5 Å². The Hall–Kier alpha value is -3.17. The van der Waals surface area contributed by atoms with Gasteiger partial charge in [0, 0.05) is 0 Å². The molecule has 10 heteroatoms. The maximum absolute atomic E-state index is 11.2. The summed E-state index contributed by atoms with van der Waals surface area (Å²) in [5.74, 6) is -12.1. The molecule has 1 aliphatic rings. The first-order valence-corrected chi connectivity index (χ1v) is 5.17. The summed E-state index contributed by atoms with van der Waals surface area (Å²) in [4.78, 5) is 55.4. The van der Waals surface area contributed by atoms with Gasteiger partial charge >= 0.3 is 29.8 Å². The van der Waals surface area contributed by atoms with Crippen molar-refractivity contribution in [3.8, 4) is 0 Å². The first kappa shape index (κ1) is 15.9. The largest absolute Gasteiger partial charge is 0.481 e. The zero-order chi connectivity index (χ0) is 16.5. The summed E-state index contributed by atoms with van der Waals surface area (Å²) >= 11 is 0. The van der Waals surface area contributed by atoms with Crippen LogP contribution in [0.5, 0.6) is 0 Å². The zero-order valence-corrected chi connectivity index (χ0v) is 10.0. The quantitative estimate of drug-likeness (QED) is 0.389. The second-order valence-electron chi connectivity index (χ2n) is 4.04. The van der Waals surface area contributed by atoms with Crippen molar-refractivity contribution >= 4 is 29.8 Å². The van der Waals surface area contributed by atoms with Crippen molar-refractivity contribution in [2.75, 3.05) is 0 Å². The van der Waals surface area contributed by atoms with Crippen molar-refractivity contribution in [3.63, 3.8) is 0 Å². The van der Waals surface area contributed by atoms with Gasteiger partial charge in [0.1, 0.15) is 5.92 Å². The molecule has 21 heavy (non-hydrogen) atoms. The Kier molecular flexibility index (Phi) is 3.84. The van der Waals surface area contributed by atoms with Crippen LogP contribution in [0.4, 0.5) is 0 Å². The lowest BCUT2D eigenvalue weighted by atomic mass is 9.69. The standard InChI is InChI=1S/C11H8O10/c12-6(13)3-1-5(8(16)17)11(9(18)19,10(20)21)2-4(3)7(14)15/h1-2,5H,(H,12,13)(H,14,15)(H,16,17)(H,18,19)(H,20,21). The highest BCUT2D eigenvalue weighted by atomic mass is 16.4. The minimum absolute atomic E-state index is 0.127. The van der Waals surface area contributed by atoms with Gasteiger partial charge in [0.25, 0.3) is 0 Å². The van der Waals surface area contributed by atoms with Crippen LogP contribution in [-0.4, -0.2) is 55.4 Å². The van der Waals surface area contributed by atoms with E-state index in [0.29, 0.717) is 6.08 Å². The van der Waals surface area contributed by atoms with Crippen LogP contribution in [-0.2, 0) is 24.0 Å². The Morgan fingerprint density at radius 3 is 1.52 bits per heavy atom. The van der Waals surface area contributed by atoms with E-state index in [-0.39, 0.29) is 6.08 Å². The second-order valence-corrected chi connectivity index (χ2v) is 4.04. The molecular weight excluding hydrogens is 292 g/mol. The molecule has 5 N–H and O–H groups in total. The molecule has 112 valence electrons. The van der Waals surface area contributed by atoms with Crippen LogP contribution in [0.2, 0.25) is 0 Å². The molecule has 0 aromatic rings. The lowest BCUT2D eigenvalue weighted by molar-refractivity contribution is -0.169. The number of carbonyl (C=O) groups is 5. The SMILES string of the molecule is O=C(O)C1=CC(C(=O)O)C(C(=O)O)(C(=O)O)C=C1C(=O)O. The maximum atomic E-state index is 11.2.